The molecule has 0 saturated heterocycles. The van der Waals surface area contributed by atoms with Crippen molar-refractivity contribution in [3.8, 4) is 0 Å². The summed E-state index contributed by atoms with van der Waals surface area (Å²) in [4.78, 5) is 4.32. The molecule has 2 N–H and O–H groups in total. The van der Waals surface area contributed by atoms with Gasteiger partial charge in [-0.25, -0.2) is 0 Å². The van der Waals surface area contributed by atoms with Crippen molar-refractivity contribution < 1.29 is 0 Å². The number of hydrogen-bond donors (Lipinski definition) is 1. The van der Waals surface area contributed by atoms with Gasteiger partial charge in [0.15, 0.2) is 0 Å². The second-order valence-electron chi connectivity index (χ2n) is 5.13. The average Bonchev–Trinajstić information content (AvgIpc) is 2.28. The van der Waals surface area contributed by atoms with E-state index in [4.69, 9.17) is 5.73 Å². The Hall–Kier alpha value is -1.06. The maximum Gasteiger partial charge on any atom is 0.0361 e. The fourth-order valence-corrected chi connectivity index (χ4v) is 2.00. The quantitative estimate of drug-likeness (QED) is 0.809. The molecule has 0 radical (unpaired) electrons. The van der Waals surface area contributed by atoms with Gasteiger partial charge in [-0.3, -0.25) is 0 Å². The van der Waals surface area contributed by atoms with Crippen LogP contribution >= 0.6 is 0 Å². The summed E-state index contributed by atoms with van der Waals surface area (Å²) in [7, 11) is 8.31. The molecular weight excluding hydrogens is 210 g/mol. The van der Waals surface area contributed by atoms with Crippen molar-refractivity contribution >= 4 is 5.69 Å². The van der Waals surface area contributed by atoms with E-state index in [-0.39, 0.29) is 0 Å². The monoisotopic (exact) mass is 235 g/mol. The van der Waals surface area contributed by atoms with E-state index >= 15 is 0 Å². The third kappa shape index (κ3) is 4.75. The van der Waals surface area contributed by atoms with Gasteiger partial charge in [0.1, 0.15) is 0 Å². The molecule has 3 nitrogen and oxygen atoms in total. The minimum atomic E-state index is 0.537. The van der Waals surface area contributed by atoms with Crippen LogP contribution < -0.4 is 10.6 Å². The van der Waals surface area contributed by atoms with Gasteiger partial charge in [-0.15, -0.1) is 0 Å². The van der Waals surface area contributed by atoms with Crippen molar-refractivity contribution in [3.05, 3.63) is 29.8 Å². The van der Waals surface area contributed by atoms with E-state index in [2.05, 4.69) is 62.3 Å². The minimum Gasteiger partial charge on any atom is -0.378 e. The molecule has 3 heteroatoms. The maximum atomic E-state index is 5.81. The minimum absolute atomic E-state index is 0.537. The molecule has 1 aromatic carbocycles. The molecule has 0 aliphatic carbocycles. The molecule has 0 heterocycles. The highest BCUT2D eigenvalue weighted by molar-refractivity contribution is 5.46. The summed E-state index contributed by atoms with van der Waals surface area (Å²) in [6.45, 7) is 1.79. The van der Waals surface area contributed by atoms with Gasteiger partial charge in [-0.05, 0) is 50.7 Å². The first-order chi connectivity index (χ1) is 8.02. The van der Waals surface area contributed by atoms with Gasteiger partial charge in [0.25, 0.3) is 0 Å². The molecule has 1 atom stereocenters. The molecule has 0 aromatic heterocycles. The Morgan fingerprint density at radius 2 is 1.65 bits per heavy atom. The van der Waals surface area contributed by atoms with E-state index in [1.165, 1.54) is 11.3 Å². The van der Waals surface area contributed by atoms with Crippen LogP contribution in [0.1, 0.15) is 5.56 Å². The largest absolute Gasteiger partial charge is 0.378 e. The van der Waals surface area contributed by atoms with Crippen LogP contribution in [0.5, 0.6) is 0 Å². The lowest BCUT2D eigenvalue weighted by molar-refractivity contribution is 0.327. The molecule has 96 valence electrons. The van der Waals surface area contributed by atoms with Gasteiger partial charge in [-0.2, -0.15) is 0 Å². The number of nitrogens with two attached hydrogens (primary N) is 1. The van der Waals surface area contributed by atoms with E-state index < -0.39 is 0 Å². The fourth-order valence-electron chi connectivity index (χ4n) is 2.00. The molecule has 17 heavy (non-hydrogen) atoms. The van der Waals surface area contributed by atoms with Crippen molar-refractivity contribution in [1.29, 1.82) is 0 Å². The molecular formula is C14H25N3. The Balaban J connectivity index is 2.61. The zero-order valence-corrected chi connectivity index (χ0v) is 11.5. The van der Waals surface area contributed by atoms with E-state index in [0.717, 1.165) is 19.5 Å². The van der Waals surface area contributed by atoms with Gasteiger partial charge in [0, 0.05) is 26.3 Å². The molecule has 1 rings (SSSR count). The number of anilines is 1. The predicted octanol–water partition coefficient (Wildman–Crippen LogP) is 1.43. The van der Waals surface area contributed by atoms with Crippen LogP contribution in [0.2, 0.25) is 0 Å². The average molecular weight is 235 g/mol. The SMILES string of the molecule is CN(C)CC(CN)Cc1ccc(N(C)C)cc1. The Morgan fingerprint density at radius 1 is 1.06 bits per heavy atom. The lowest BCUT2D eigenvalue weighted by Gasteiger charge is -2.20. The zero-order valence-electron chi connectivity index (χ0n) is 11.5. The lowest BCUT2D eigenvalue weighted by Crippen LogP contribution is -2.29. The smallest absolute Gasteiger partial charge is 0.0361 e. The predicted molar refractivity (Wildman–Crippen MR) is 75.6 cm³/mol. The third-order valence-corrected chi connectivity index (χ3v) is 2.93. The lowest BCUT2D eigenvalue weighted by atomic mass is 9.99. The van der Waals surface area contributed by atoms with Gasteiger partial charge in [-0.1, -0.05) is 12.1 Å². The van der Waals surface area contributed by atoms with Crippen LogP contribution in [0.25, 0.3) is 0 Å². The summed E-state index contributed by atoms with van der Waals surface area (Å²) in [5.74, 6) is 0.537. The molecule has 0 fully saturated rings. The number of hydrogen-bond acceptors (Lipinski definition) is 3. The van der Waals surface area contributed by atoms with Crippen LogP contribution in [0, 0.1) is 5.92 Å². The molecule has 1 aromatic rings. The topological polar surface area (TPSA) is 32.5 Å². The van der Waals surface area contributed by atoms with Gasteiger partial charge in [0.05, 0.1) is 0 Å². The summed E-state index contributed by atoms with van der Waals surface area (Å²) in [6.07, 6.45) is 1.06. The number of benzene rings is 1. The van der Waals surface area contributed by atoms with Crippen molar-refractivity contribution in [2.24, 2.45) is 11.7 Å². The Labute approximate surface area is 105 Å². The van der Waals surface area contributed by atoms with Crippen LogP contribution in [0.3, 0.4) is 0 Å². The molecule has 1 unspecified atom stereocenters. The summed E-state index contributed by atoms with van der Waals surface area (Å²) in [5.41, 5.74) is 8.42. The highest BCUT2D eigenvalue weighted by Crippen LogP contribution is 2.15. The maximum absolute atomic E-state index is 5.81. The number of rotatable bonds is 6. The Morgan fingerprint density at radius 3 is 2.06 bits per heavy atom. The fraction of sp³-hybridized carbons (Fsp3) is 0.571. The second kappa shape index (κ2) is 6.62. The van der Waals surface area contributed by atoms with E-state index in [0.29, 0.717) is 5.92 Å². The van der Waals surface area contributed by atoms with Crippen LogP contribution in [-0.4, -0.2) is 46.2 Å². The molecule has 0 spiro atoms. The van der Waals surface area contributed by atoms with Crippen LogP contribution in [-0.2, 0) is 6.42 Å². The molecule has 0 bridgehead atoms. The Kier molecular flexibility index (Phi) is 5.45. The molecule has 0 saturated carbocycles. The summed E-state index contributed by atoms with van der Waals surface area (Å²) in [5, 5.41) is 0. The Bertz CT molecular complexity index is 317. The third-order valence-electron chi connectivity index (χ3n) is 2.93. The van der Waals surface area contributed by atoms with E-state index in [1.54, 1.807) is 0 Å². The highest BCUT2D eigenvalue weighted by Gasteiger charge is 2.09. The summed E-state index contributed by atoms with van der Waals surface area (Å²) < 4.78 is 0. The van der Waals surface area contributed by atoms with Gasteiger partial charge in [0.2, 0.25) is 0 Å². The molecule has 0 aliphatic heterocycles. The zero-order chi connectivity index (χ0) is 12.8. The standard InChI is InChI=1S/C14H25N3/c1-16(2)11-13(10-15)9-12-5-7-14(8-6-12)17(3)4/h5-8,13H,9-11,15H2,1-4H3. The summed E-state index contributed by atoms with van der Waals surface area (Å²) >= 11 is 0. The van der Waals surface area contributed by atoms with Crippen molar-refractivity contribution in [3.63, 3.8) is 0 Å². The first kappa shape index (κ1) is 14.0. The van der Waals surface area contributed by atoms with E-state index in [1.807, 2.05) is 0 Å². The van der Waals surface area contributed by atoms with Crippen LogP contribution in [0.4, 0.5) is 5.69 Å². The van der Waals surface area contributed by atoms with Crippen molar-refractivity contribution in [2.75, 3.05) is 46.2 Å². The van der Waals surface area contributed by atoms with Crippen molar-refractivity contribution in [2.45, 2.75) is 6.42 Å². The highest BCUT2D eigenvalue weighted by atomic mass is 15.1. The van der Waals surface area contributed by atoms with Crippen LogP contribution in [0.15, 0.2) is 24.3 Å². The molecule has 0 aliphatic rings. The van der Waals surface area contributed by atoms with E-state index in [9.17, 15) is 0 Å². The number of nitrogens with zero attached hydrogens (tertiary/aromatic N) is 2. The first-order valence-electron chi connectivity index (χ1n) is 6.14. The van der Waals surface area contributed by atoms with Gasteiger partial charge >= 0.3 is 0 Å². The first-order valence-corrected chi connectivity index (χ1v) is 6.14. The normalized spacial score (nSPS) is 12.8. The summed E-state index contributed by atoms with van der Waals surface area (Å²) in [6, 6.07) is 8.73. The second-order valence-corrected chi connectivity index (χ2v) is 5.13. The van der Waals surface area contributed by atoms with Gasteiger partial charge < -0.3 is 15.5 Å². The molecule has 0 amide bonds. The van der Waals surface area contributed by atoms with Crippen molar-refractivity contribution in [1.82, 2.24) is 4.90 Å².